The second-order valence-electron chi connectivity index (χ2n) is 6.94. The molecule has 0 radical (unpaired) electrons. The number of hydrogen-bond donors (Lipinski definition) is 1. The number of nitrogens with zero attached hydrogens (tertiary/aromatic N) is 3. The van der Waals surface area contributed by atoms with Crippen LogP contribution in [0.1, 0.15) is 21.6 Å². The van der Waals surface area contributed by atoms with Crippen LogP contribution in [0.15, 0.2) is 54.0 Å². The average Bonchev–Trinajstić information content (AvgIpc) is 3.41. The number of nitrogens with one attached hydrogen (secondary N) is 1. The number of thiazole rings is 1. The number of amides is 1. The van der Waals surface area contributed by atoms with E-state index in [1.807, 2.05) is 0 Å². The third-order valence-electron chi connectivity index (χ3n) is 4.80. The zero-order chi connectivity index (χ0) is 23.8. The summed E-state index contributed by atoms with van der Waals surface area (Å²) in [4.78, 5) is 16.9. The maximum absolute atomic E-state index is 14.0. The fourth-order valence-corrected chi connectivity index (χ4v) is 3.94. The molecule has 0 aliphatic heterocycles. The number of rotatable bonds is 5. The number of alkyl halides is 3. The Hall–Kier alpha value is -3.73. The van der Waals surface area contributed by atoms with Gasteiger partial charge < -0.3 is 4.74 Å². The van der Waals surface area contributed by atoms with Crippen LogP contribution in [-0.4, -0.2) is 27.8 Å². The molecule has 1 N–H and O–H groups in total. The van der Waals surface area contributed by atoms with Crippen LogP contribution in [0.2, 0.25) is 0 Å². The molecule has 0 saturated carbocycles. The number of methoxy groups -OCH3 is 1. The molecule has 0 atom stereocenters. The Morgan fingerprint density at radius 3 is 2.61 bits per heavy atom. The van der Waals surface area contributed by atoms with Crippen molar-refractivity contribution in [3.8, 4) is 22.7 Å². The van der Waals surface area contributed by atoms with E-state index in [-0.39, 0.29) is 16.6 Å². The fraction of sp³-hybridized carbons (Fsp3) is 0.136. The standard InChI is InChI=1S/C22H16F4N4O2S/c1-12-5-3-4-6-17(12)30-19(22(24,25)26)14(10-27-30)20(31)29-21-28-16(11-33-21)13-7-8-18(32-2)15(23)9-13/h3-11H,1-2H3,(H,28,29,31). The molecule has 0 fully saturated rings. The van der Waals surface area contributed by atoms with Crippen LogP contribution in [0.5, 0.6) is 5.75 Å². The van der Waals surface area contributed by atoms with E-state index in [0.717, 1.165) is 17.5 Å². The van der Waals surface area contributed by atoms with Crippen LogP contribution in [0.3, 0.4) is 0 Å². The van der Waals surface area contributed by atoms with Gasteiger partial charge in [0.25, 0.3) is 5.91 Å². The van der Waals surface area contributed by atoms with Crippen LogP contribution in [-0.2, 0) is 6.18 Å². The summed E-state index contributed by atoms with van der Waals surface area (Å²) in [6.07, 6.45) is -3.96. The van der Waals surface area contributed by atoms with E-state index in [1.165, 1.54) is 25.3 Å². The molecular weight excluding hydrogens is 460 g/mol. The summed E-state index contributed by atoms with van der Waals surface area (Å²) < 4.78 is 61.2. The Kier molecular flexibility index (Phi) is 5.90. The number of anilines is 1. The van der Waals surface area contributed by atoms with Crippen molar-refractivity contribution in [2.45, 2.75) is 13.1 Å². The molecule has 0 saturated heterocycles. The molecule has 0 unspecified atom stereocenters. The van der Waals surface area contributed by atoms with Crippen molar-refractivity contribution in [3.63, 3.8) is 0 Å². The first-order valence-electron chi connectivity index (χ1n) is 9.51. The van der Waals surface area contributed by atoms with Crippen LogP contribution in [0.25, 0.3) is 16.9 Å². The van der Waals surface area contributed by atoms with E-state index in [9.17, 15) is 22.4 Å². The van der Waals surface area contributed by atoms with E-state index in [2.05, 4.69) is 15.4 Å². The first kappa shape index (κ1) is 22.5. The summed E-state index contributed by atoms with van der Waals surface area (Å²) in [5.41, 5.74) is -0.283. The summed E-state index contributed by atoms with van der Waals surface area (Å²) in [6, 6.07) is 10.6. The average molecular weight is 476 g/mol. The molecule has 0 aliphatic rings. The number of halogens is 4. The third kappa shape index (κ3) is 4.44. The highest BCUT2D eigenvalue weighted by atomic mass is 32.1. The molecule has 2 heterocycles. The highest BCUT2D eigenvalue weighted by Crippen LogP contribution is 2.35. The molecule has 170 valence electrons. The molecule has 0 aliphatic carbocycles. The molecule has 11 heteroatoms. The lowest BCUT2D eigenvalue weighted by atomic mass is 10.1. The van der Waals surface area contributed by atoms with E-state index < -0.39 is 29.2 Å². The maximum atomic E-state index is 14.0. The highest BCUT2D eigenvalue weighted by molar-refractivity contribution is 7.14. The largest absolute Gasteiger partial charge is 0.494 e. The van der Waals surface area contributed by atoms with Gasteiger partial charge in [-0.3, -0.25) is 10.1 Å². The van der Waals surface area contributed by atoms with Gasteiger partial charge >= 0.3 is 6.18 Å². The minimum atomic E-state index is -4.83. The lowest BCUT2D eigenvalue weighted by Gasteiger charge is -2.14. The molecule has 2 aromatic heterocycles. The second-order valence-corrected chi connectivity index (χ2v) is 7.80. The van der Waals surface area contributed by atoms with Crippen molar-refractivity contribution in [1.82, 2.24) is 14.8 Å². The molecule has 6 nitrogen and oxygen atoms in total. The van der Waals surface area contributed by atoms with Crippen molar-refractivity contribution in [2.24, 2.45) is 0 Å². The first-order chi connectivity index (χ1) is 15.7. The lowest BCUT2D eigenvalue weighted by Crippen LogP contribution is -2.21. The van der Waals surface area contributed by atoms with Crippen LogP contribution >= 0.6 is 11.3 Å². The van der Waals surface area contributed by atoms with Gasteiger partial charge in [-0.25, -0.2) is 14.1 Å². The summed E-state index contributed by atoms with van der Waals surface area (Å²) >= 11 is 0.997. The van der Waals surface area contributed by atoms with Crippen molar-refractivity contribution >= 4 is 22.4 Å². The molecule has 4 aromatic rings. The van der Waals surface area contributed by atoms with Gasteiger partial charge in [0.05, 0.1) is 30.3 Å². The van der Waals surface area contributed by atoms with Crippen LogP contribution in [0, 0.1) is 12.7 Å². The monoisotopic (exact) mass is 476 g/mol. The van der Waals surface area contributed by atoms with Crippen molar-refractivity contribution in [1.29, 1.82) is 0 Å². The lowest BCUT2D eigenvalue weighted by molar-refractivity contribution is -0.143. The smallest absolute Gasteiger partial charge is 0.434 e. The van der Waals surface area contributed by atoms with Crippen LogP contribution < -0.4 is 10.1 Å². The van der Waals surface area contributed by atoms with Gasteiger partial charge in [0.2, 0.25) is 0 Å². The molecule has 2 aromatic carbocycles. The number of aryl methyl sites for hydroxylation is 1. The predicted octanol–water partition coefficient (Wildman–Crippen LogP) is 5.72. The predicted molar refractivity (Wildman–Crippen MR) is 115 cm³/mol. The SMILES string of the molecule is COc1ccc(-c2csc(NC(=O)c3cnn(-c4ccccc4C)c3C(F)(F)F)n2)cc1F. The summed E-state index contributed by atoms with van der Waals surface area (Å²) in [5, 5.41) is 7.81. The molecule has 0 bridgehead atoms. The van der Waals surface area contributed by atoms with Gasteiger partial charge in [0, 0.05) is 10.9 Å². The van der Waals surface area contributed by atoms with E-state index in [1.54, 1.807) is 36.6 Å². The van der Waals surface area contributed by atoms with Crippen molar-refractivity contribution < 1.29 is 27.1 Å². The van der Waals surface area contributed by atoms with Gasteiger partial charge in [0.1, 0.15) is 0 Å². The fourth-order valence-electron chi connectivity index (χ4n) is 3.23. The maximum Gasteiger partial charge on any atom is 0.434 e. The van der Waals surface area contributed by atoms with Crippen molar-refractivity contribution in [2.75, 3.05) is 12.4 Å². The second kappa shape index (κ2) is 8.66. The Morgan fingerprint density at radius 1 is 1.18 bits per heavy atom. The summed E-state index contributed by atoms with van der Waals surface area (Å²) in [6.45, 7) is 1.65. The van der Waals surface area contributed by atoms with Crippen molar-refractivity contribution in [3.05, 3.63) is 76.7 Å². The number of aromatic nitrogens is 3. The Labute approximate surface area is 189 Å². The van der Waals surface area contributed by atoms with Crippen LogP contribution in [0.4, 0.5) is 22.7 Å². The van der Waals surface area contributed by atoms with Gasteiger partial charge in [-0.05, 0) is 36.8 Å². The summed E-state index contributed by atoms with van der Waals surface area (Å²) in [7, 11) is 1.34. The van der Waals surface area contributed by atoms with Gasteiger partial charge in [-0.2, -0.15) is 18.3 Å². The molecule has 1 amide bonds. The van der Waals surface area contributed by atoms with Gasteiger partial charge in [-0.1, -0.05) is 18.2 Å². The number of carbonyl (C=O) groups excluding carboxylic acids is 1. The zero-order valence-corrected chi connectivity index (χ0v) is 18.1. The molecule has 0 spiro atoms. The molecular formula is C22H16F4N4O2S. The first-order valence-corrected chi connectivity index (χ1v) is 10.4. The highest BCUT2D eigenvalue weighted by Gasteiger charge is 2.41. The van der Waals surface area contributed by atoms with E-state index >= 15 is 0 Å². The quantitative estimate of drug-likeness (QED) is 0.374. The third-order valence-corrected chi connectivity index (χ3v) is 5.56. The number of hydrogen-bond acceptors (Lipinski definition) is 5. The Morgan fingerprint density at radius 2 is 1.94 bits per heavy atom. The zero-order valence-electron chi connectivity index (χ0n) is 17.3. The normalized spacial score (nSPS) is 11.5. The Balaban J connectivity index is 1.64. The van der Waals surface area contributed by atoms with Gasteiger partial charge in [-0.15, -0.1) is 11.3 Å². The minimum Gasteiger partial charge on any atom is -0.494 e. The summed E-state index contributed by atoms with van der Waals surface area (Å²) in [5.74, 6) is -1.54. The number of benzene rings is 2. The Bertz CT molecular complexity index is 1330. The number of ether oxygens (including phenoxy) is 1. The van der Waals surface area contributed by atoms with E-state index in [0.29, 0.717) is 21.5 Å². The number of para-hydroxylation sites is 1. The van der Waals surface area contributed by atoms with E-state index in [4.69, 9.17) is 4.74 Å². The molecule has 33 heavy (non-hydrogen) atoms. The molecule has 4 rings (SSSR count). The minimum absolute atomic E-state index is 0.0583. The number of carbonyl (C=O) groups is 1. The topological polar surface area (TPSA) is 69.0 Å². The van der Waals surface area contributed by atoms with Gasteiger partial charge in [0.15, 0.2) is 22.4 Å².